The van der Waals surface area contributed by atoms with Gasteiger partial charge in [0.25, 0.3) is 11.5 Å². The molecule has 3 aromatic heterocycles. The first kappa shape index (κ1) is 31.1. The zero-order valence-corrected chi connectivity index (χ0v) is 26.4. The molecule has 4 heterocycles. The number of nitrogens with zero attached hydrogens (tertiary/aromatic N) is 3. The first-order valence-corrected chi connectivity index (χ1v) is 15.8. The average molecular weight is 742 g/mol. The molecule has 7 nitrogen and oxygen atoms in total. The van der Waals surface area contributed by atoms with Crippen molar-refractivity contribution in [1.29, 1.82) is 0 Å². The molecule has 0 atom stereocenters. The standard InChI is InChI=1S/C29H25BF5IN4O3S/c1-14-23(10-30(36)44-43-2)38-26-25(14)21(29(33,34)35)13-40(28(26)42)24-8-16(7-22(37-24)15-3-4-15)19-6-5-17(31)9-20(19)27(41)39-11-18(32)12-39/h5-9,13,15,18,38H,3-4,10-12H2,1-2H3. The summed E-state index contributed by atoms with van der Waals surface area (Å²) in [6.45, 7) is 1.33. The number of H-pyrrole nitrogens is 1. The number of benzene rings is 1. The van der Waals surface area contributed by atoms with E-state index in [-0.39, 0.29) is 45.1 Å². The Morgan fingerprint density at radius 3 is 2.59 bits per heavy atom. The van der Waals surface area contributed by atoms with Crippen LogP contribution in [0, 0.1) is 12.7 Å². The van der Waals surface area contributed by atoms with Gasteiger partial charge < -0.3 is 14.1 Å². The van der Waals surface area contributed by atoms with E-state index >= 15 is 0 Å². The van der Waals surface area contributed by atoms with Gasteiger partial charge in [0.05, 0.1) is 24.2 Å². The quantitative estimate of drug-likeness (QED) is 0.0929. The molecule has 15 heteroatoms. The van der Waals surface area contributed by atoms with Gasteiger partial charge in [-0.25, -0.2) is 13.8 Å². The SMILES string of the molecule is COSB(I)Cc1[nH]c2c(=O)n(-c3cc(-c4ccc(F)cc4C(=O)N4CC(F)C4)cc(C4CC4)n3)cc(C(F)(F)F)c2c1C. The van der Waals surface area contributed by atoms with Crippen LogP contribution in [0.25, 0.3) is 27.8 Å². The van der Waals surface area contributed by atoms with Gasteiger partial charge >= 0.3 is 10.0 Å². The summed E-state index contributed by atoms with van der Waals surface area (Å²) in [4.78, 5) is 35.9. The van der Waals surface area contributed by atoms with E-state index in [1.165, 1.54) is 30.2 Å². The number of carbonyl (C=O) groups excluding carboxylic acids is 1. The Labute approximate surface area is 266 Å². The van der Waals surface area contributed by atoms with Gasteiger partial charge in [0, 0.05) is 36.0 Å². The maximum absolute atomic E-state index is 14.5. The van der Waals surface area contributed by atoms with Crippen LogP contribution in [-0.2, 0) is 16.7 Å². The molecule has 0 bridgehead atoms. The Morgan fingerprint density at radius 2 is 1.95 bits per heavy atom. The molecule has 0 unspecified atom stereocenters. The number of likely N-dealkylation sites (tertiary alicyclic amines) is 1. The third kappa shape index (κ3) is 5.89. The van der Waals surface area contributed by atoms with Gasteiger partial charge in [-0.3, -0.25) is 14.2 Å². The van der Waals surface area contributed by atoms with Crippen molar-refractivity contribution in [2.75, 3.05) is 20.2 Å². The Bertz CT molecular complexity index is 1840. The van der Waals surface area contributed by atoms with Gasteiger partial charge in [-0.1, -0.05) is 18.0 Å². The highest BCUT2D eigenvalue weighted by molar-refractivity contribution is 14.1. The van der Waals surface area contributed by atoms with Crippen LogP contribution in [0.1, 0.15) is 51.6 Å². The Morgan fingerprint density at radius 1 is 1.23 bits per heavy atom. The van der Waals surface area contributed by atoms with Crippen LogP contribution in [0.4, 0.5) is 22.0 Å². The molecular formula is C29H25BF5IN4O3S. The maximum atomic E-state index is 14.5. The van der Waals surface area contributed by atoms with Gasteiger partial charge in [0.1, 0.15) is 23.3 Å². The minimum absolute atomic E-state index is 0.0125. The molecule has 1 aliphatic heterocycles. The molecule has 44 heavy (non-hydrogen) atoms. The molecular weight excluding hydrogens is 717 g/mol. The first-order chi connectivity index (χ1) is 20.8. The number of nitrogens with one attached hydrogen (secondary N) is 1. The number of aromatic amines is 1. The number of hydrogen-bond donors (Lipinski definition) is 1. The number of carbonyl (C=O) groups is 1. The van der Waals surface area contributed by atoms with Crippen molar-refractivity contribution < 1.29 is 30.9 Å². The lowest BCUT2D eigenvalue weighted by Gasteiger charge is -2.34. The monoisotopic (exact) mass is 742 g/mol. The van der Waals surface area contributed by atoms with Crippen molar-refractivity contribution in [3.05, 3.63) is 80.8 Å². The number of rotatable bonds is 8. The topological polar surface area (TPSA) is 80.2 Å². The zero-order valence-electron chi connectivity index (χ0n) is 23.5. The molecule has 4 aromatic rings. The van der Waals surface area contributed by atoms with Gasteiger partial charge in [-0.05, 0) is 67.0 Å². The van der Waals surface area contributed by atoms with Crippen molar-refractivity contribution >= 4 is 54.9 Å². The number of alkyl halides is 4. The van der Waals surface area contributed by atoms with Crippen LogP contribution in [-0.4, -0.2) is 55.6 Å². The van der Waals surface area contributed by atoms with Crippen LogP contribution >= 0.6 is 34.3 Å². The lowest BCUT2D eigenvalue weighted by Crippen LogP contribution is -2.51. The number of fused-ring (bicyclic) bond motifs is 1. The van der Waals surface area contributed by atoms with E-state index in [0.717, 1.165) is 41.6 Å². The van der Waals surface area contributed by atoms with Gasteiger partial charge in [0.15, 0.2) is 0 Å². The molecule has 0 radical (unpaired) electrons. The van der Waals surface area contributed by atoms with Crippen molar-refractivity contribution in [1.82, 2.24) is 19.4 Å². The summed E-state index contributed by atoms with van der Waals surface area (Å²) in [7, 11) is 1.50. The smallest absolute Gasteiger partial charge is 0.354 e. The second-order valence-corrected chi connectivity index (χ2v) is 14.4. The molecule has 1 saturated carbocycles. The van der Waals surface area contributed by atoms with Crippen molar-refractivity contribution in [3.63, 3.8) is 0 Å². The van der Waals surface area contributed by atoms with Crippen molar-refractivity contribution in [3.8, 4) is 16.9 Å². The van der Waals surface area contributed by atoms with Crippen LogP contribution in [0.15, 0.2) is 41.3 Å². The van der Waals surface area contributed by atoms with E-state index in [2.05, 4.69) is 32.3 Å². The maximum Gasteiger partial charge on any atom is 0.418 e. The third-order valence-corrected chi connectivity index (χ3v) is 9.54. The van der Waals surface area contributed by atoms with E-state index in [9.17, 15) is 31.5 Å². The summed E-state index contributed by atoms with van der Waals surface area (Å²) in [5.74, 6) is -1.27. The predicted octanol–water partition coefficient (Wildman–Crippen LogP) is 6.82. The third-order valence-electron chi connectivity index (χ3n) is 7.91. The number of hydrogen-bond acceptors (Lipinski definition) is 5. The second kappa shape index (κ2) is 11.8. The number of aromatic nitrogens is 3. The molecule has 2 aliphatic rings. The number of pyridine rings is 2. The molecule has 1 saturated heterocycles. The second-order valence-electron chi connectivity index (χ2n) is 11.0. The van der Waals surface area contributed by atoms with Gasteiger partial charge in [-0.2, -0.15) is 13.2 Å². The predicted molar refractivity (Wildman–Crippen MR) is 168 cm³/mol. The highest BCUT2D eigenvalue weighted by atomic mass is 127. The highest BCUT2D eigenvalue weighted by Crippen LogP contribution is 2.42. The van der Waals surface area contributed by atoms with E-state index < -0.39 is 35.2 Å². The Balaban J connectivity index is 1.54. The zero-order chi connectivity index (χ0) is 31.5. The normalized spacial score (nSPS) is 15.6. The molecule has 1 N–H and O–H groups in total. The molecule has 0 spiro atoms. The lowest BCUT2D eigenvalue weighted by molar-refractivity contribution is -0.136. The van der Waals surface area contributed by atoms with Gasteiger partial charge in [0.2, 0.25) is 0 Å². The fourth-order valence-corrected chi connectivity index (χ4v) is 7.02. The molecule has 1 amide bonds. The molecule has 230 valence electrons. The summed E-state index contributed by atoms with van der Waals surface area (Å²) in [6.07, 6.45) is -3.25. The van der Waals surface area contributed by atoms with Crippen molar-refractivity contribution in [2.24, 2.45) is 0 Å². The van der Waals surface area contributed by atoms with Crippen LogP contribution in [0.3, 0.4) is 0 Å². The molecule has 1 aromatic carbocycles. The van der Waals surface area contributed by atoms with E-state index in [0.29, 0.717) is 34.4 Å². The molecule has 2 fully saturated rings. The Kier molecular flexibility index (Phi) is 8.33. The average Bonchev–Trinajstić information content (AvgIpc) is 3.75. The van der Waals surface area contributed by atoms with E-state index in [1.807, 2.05) is 0 Å². The lowest BCUT2D eigenvalue weighted by atomic mass is 9.96. The number of amides is 1. The fraction of sp³-hybridized carbons (Fsp3) is 0.345. The highest BCUT2D eigenvalue weighted by Gasteiger charge is 2.37. The minimum atomic E-state index is -4.79. The fourth-order valence-electron chi connectivity index (χ4n) is 5.51. The summed E-state index contributed by atoms with van der Waals surface area (Å²) in [5, 5.41) is -0.203. The van der Waals surface area contributed by atoms with Gasteiger partial charge in [-0.15, -0.1) is 22.4 Å². The summed E-state index contributed by atoms with van der Waals surface area (Å²) >= 11 is 3.28. The molecule has 6 rings (SSSR count). The van der Waals surface area contributed by atoms with E-state index in [1.54, 1.807) is 13.0 Å². The van der Waals surface area contributed by atoms with E-state index in [4.69, 9.17) is 4.18 Å². The van der Waals surface area contributed by atoms with Crippen LogP contribution < -0.4 is 5.56 Å². The van der Waals surface area contributed by atoms with Crippen molar-refractivity contribution in [2.45, 2.75) is 44.4 Å². The Hall–Kier alpha value is -2.92. The van der Waals surface area contributed by atoms with Crippen LogP contribution in [0.5, 0.6) is 0 Å². The number of halogens is 6. The summed E-state index contributed by atoms with van der Waals surface area (Å²) in [6, 6.07) is 6.76. The first-order valence-electron chi connectivity index (χ1n) is 13.8. The minimum Gasteiger partial charge on any atom is -0.354 e. The largest absolute Gasteiger partial charge is 0.418 e. The number of aryl methyl sites for hydroxylation is 1. The molecule has 1 aliphatic carbocycles. The summed E-state index contributed by atoms with van der Waals surface area (Å²) < 4.78 is 77.3. The summed E-state index contributed by atoms with van der Waals surface area (Å²) in [5.41, 5.74) is 0.113. The van der Waals surface area contributed by atoms with Crippen LogP contribution in [0.2, 0.25) is 0 Å².